The van der Waals surface area contributed by atoms with Crippen molar-refractivity contribution in [3.63, 3.8) is 0 Å². The van der Waals surface area contributed by atoms with Crippen LogP contribution < -0.4 is 0 Å². The number of hydrogen-bond acceptors (Lipinski definition) is 3. The van der Waals surface area contributed by atoms with Gasteiger partial charge in [0.2, 0.25) is 0 Å². The number of rotatable bonds is 5. The zero-order valence-corrected chi connectivity index (χ0v) is 12.6. The highest BCUT2D eigenvalue weighted by atomic mass is 16.5. The molecule has 1 radical (unpaired) electrons. The number of hydrogen-bond donors (Lipinski definition) is 1. The first-order valence-electron chi connectivity index (χ1n) is 7.13. The Labute approximate surface area is 118 Å². The molecule has 1 atom stereocenters. The smallest absolute Gasteiger partial charge is 0.323 e. The Morgan fingerprint density at radius 2 is 2.00 bits per heavy atom. The molecule has 0 aromatic rings. The monoisotopic (exact) mass is 260 g/mol. The molecule has 19 heavy (non-hydrogen) atoms. The van der Waals surface area contributed by atoms with Crippen LogP contribution in [-0.4, -0.2) is 30.5 Å². The lowest BCUT2D eigenvalue weighted by Gasteiger charge is -2.39. The lowest BCUT2D eigenvalue weighted by atomic mass is 9.42. The van der Waals surface area contributed by atoms with Gasteiger partial charge in [-0.2, -0.15) is 0 Å². The predicted octanol–water partition coefficient (Wildman–Crippen LogP) is 2.80. The molecule has 1 unspecified atom stereocenters. The van der Waals surface area contributed by atoms with Gasteiger partial charge in [-0.25, -0.2) is 5.26 Å². The third-order valence-electron chi connectivity index (χ3n) is 4.46. The zero-order valence-electron chi connectivity index (χ0n) is 12.6. The quantitative estimate of drug-likeness (QED) is 0.773. The molecule has 103 valence electrons. The molecule has 1 N–H and O–H groups in total. The highest BCUT2D eigenvalue weighted by molar-refractivity contribution is 6.67. The number of nitriles is 1. The Balaban J connectivity index is 2.44. The highest BCUT2D eigenvalue weighted by Gasteiger charge is 2.38. The first kappa shape index (κ1) is 16.3. The van der Waals surface area contributed by atoms with E-state index in [1.807, 2.05) is 26.7 Å². The van der Waals surface area contributed by atoms with Crippen molar-refractivity contribution in [2.24, 2.45) is 0 Å². The Bertz CT molecular complexity index is 362. The maximum Gasteiger partial charge on any atom is 0.323 e. The maximum atomic E-state index is 10.3. The fourth-order valence-electron chi connectivity index (χ4n) is 2.14. The summed E-state index contributed by atoms with van der Waals surface area (Å²) in [6.45, 7) is 7.77. The van der Waals surface area contributed by atoms with E-state index in [-0.39, 0.29) is 6.71 Å². The first-order chi connectivity index (χ1) is 8.82. The molecule has 0 bridgehead atoms. The summed E-state index contributed by atoms with van der Waals surface area (Å²) in [5, 5.41) is 19.1. The van der Waals surface area contributed by atoms with Crippen molar-refractivity contribution in [3.8, 4) is 5.97 Å². The summed E-state index contributed by atoms with van der Waals surface area (Å²) in [6.07, 6.45) is 4.50. The second-order valence-corrected chi connectivity index (χ2v) is 6.12. The van der Waals surface area contributed by atoms with Crippen LogP contribution in [0.15, 0.2) is 11.5 Å². The molecule has 5 heteroatoms. The third-order valence-corrected chi connectivity index (χ3v) is 4.46. The van der Waals surface area contributed by atoms with E-state index in [9.17, 15) is 5.11 Å². The van der Waals surface area contributed by atoms with E-state index in [4.69, 9.17) is 9.92 Å². The zero-order chi connectivity index (χ0) is 14.5. The number of aliphatic hydroxyl groups is 1. The fraction of sp³-hybridized carbons (Fsp3) is 0.786. The molecule has 1 aliphatic heterocycles. The molecule has 0 aliphatic carbocycles. The van der Waals surface area contributed by atoms with Gasteiger partial charge in [0.15, 0.2) is 0 Å². The molecule has 0 aromatic carbocycles. The third kappa shape index (κ3) is 4.40. The maximum absolute atomic E-state index is 10.3. The summed E-state index contributed by atoms with van der Waals surface area (Å²) in [6, 6.07) is 0. The lowest BCUT2D eigenvalue weighted by Crippen LogP contribution is -2.49. The van der Waals surface area contributed by atoms with Crippen LogP contribution >= 0.6 is 0 Å². The Hall–Kier alpha value is -0.720. The molecular weight excluding hydrogens is 236 g/mol. The molecule has 3 nitrogen and oxygen atoms in total. The summed E-state index contributed by atoms with van der Waals surface area (Å²) in [7, 11) is 1.70. The second-order valence-electron chi connectivity index (χ2n) is 6.12. The molecule has 1 saturated heterocycles. The van der Waals surface area contributed by atoms with E-state index >= 15 is 0 Å². The van der Waals surface area contributed by atoms with E-state index in [1.165, 1.54) is 5.57 Å². The summed E-state index contributed by atoms with van der Waals surface area (Å²) < 4.78 is 5.72. The first-order valence-corrected chi connectivity index (χ1v) is 7.13. The SMILES string of the molecule is CCC(C)(O)C(C)(C)O[B]C=C1CCB(C#N)CC1. The number of nitrogens with zero attached hydrogens (tertiary/aromatic N) is 1. The van der Waals surface area contributed by atoms with Crippen molar-refractivity contribution in [3.05, 3.63) is 11.5 Å². The molecule has 0 amide bonds. The van der Waals surface area contributed by atoms with Crippen LogP contribution in [0.4, 0.5) is 0 Å². The van der Waals surface area contributed by atoms with Crippen LogP contribution in [0.25, 0.3) is 0 Å². The summed E-state index contributed by atoms with van der Waals surface area (Å²) in [4.78, 5) is 0. The van der Waals surface area contributed by atoms with Gasteiger partial charge in [-0.15, -0.1) is 0 Å². The van der Waals surface area contributed by atoms with Crippen LogP contribution in [0.3, 0.4) is 0 Å². The summed E-state index contributed by atoms with van der Waals surface area (Å²) >= 11 is 0. The lowest BCUT2D eigenvalue weighted by molar-refractivity contribution is -0.104. The van der Waals surface area contributed by atoms with Crippen LogP contribution in [0.1, 0.15) is 47.0 Å². The van der Waals surface area contributed by atoms with Crippen molar-refractivity contribution in [1.29, 1.82) is 5.26 Å². The Morgan fingerprint density at radius 3 is 2.47 bits per heavy atom. The molecule has 1 aliphatic rings. The molecular formula is C14H24B2NO2. The van der Waals surface area contributed by atoms with Crippen LogP contribution in [0, 0.1) is 11.2 Å². The van der Waals surface area contributed by atoms with Crippen molar-refractivity contribution < 1.29 is 9.76 Å². The minimum atomic E-state index is -0.847. The Kier molecular flexibility index (Phi) is 5.70. The standard InChI is InChI=1S/C14H24B2NO2/c1-5-14(4,18)13(2,3)19-15-10-12-6-8-16(11-17)9-7-12/h10,18H,5-9H2,1-4H3. The minimum Gasteiger partial charge on any atom is -0.427 e. The van der Waals surface area contributed by atoms with Crippen LogP contribution in [-0.2, 0) is 4.65 Å². The average Bonchev–Trinajstić information content (AvgIpc) is 2.39. The largest absolute Gasteiger partial charge is 0.427 e. The predicted molar refractivity (Wildman–Crippen MR) is 80.1 cm³/mol. The topological polar surface area (TPSA) is 53.2 Å². The van der Waals surface area contributed by atoms with E-state index in [1.54, 1.807) is 14.4 Å². The average molecular weight is 260 g/mol. The number of allylic oxidation sites excluding steroid dienone is 1. The second kappa shape index (κ2) is 6.63. The van der Waals surface area contributed by atoms with E-state index in [0.717, 1.165) is 25.5 Å². The van der Waals surface area contributed by atoms with Gasteiger partial charge in [0.05, 0.1) is 11.2 Å². The molecule has 1 fully saturated rings. The van der Waals surface area contributed by atoms with Crippen LogP contribution in [0.5, 0.6) is 0 Å². The Morgan fingerprint density at radius 1 is 1.42 bits per heavy atom. The molecule has 0 spiro atoms. The van der Waals surface area contributed by atoms with Gasteiger partial charge in [-0.1, -0.05) is 31.1 Å². The van der Waals surface area contributed by atoms with Gasteiger partial charge in [0.25, 0.3) is 6.71 Å². The van der Waals surface area contributed by atoms with Crippen molar-refractivity contribution in [1.82, 2.24) is 0 Å². The summed E-state index contributed by atoms with van der Waals surface area (Å²) in [5.41, 5.74) is -0.123. The molecule has 0 aromatic heterocycles. The van der Waals surface area contributed by atoms with Gasteiger partial charge in [-0.3, -0.25) is 0 Å². The fourth-order valence-corrected chi connectivity index (χ4v) is 2.14. The van der Waals surface area contributed by atoms with Crippen molar-refractivity contribution in [2.75, 3.05) is 0 Å². The van der Waals surface area contributed by atoms with Gasteiger partial charge in [0, 0.05) is 5.97 Å². The van der Waals surface area contributed by atoms with Crippen LogP contribution in [0.2, 0.25) is 12.6 Å². The van der Waals surface area contributed by atoms with Gasteiger partial charge >= 0.3 is 7.48 Å². The van der Waals surface area contributed by atoms with E-state index in [2.05, 4.69) is 5.97 Å². The normalized spacial score (nSPS) is 19.6. The van der Waals surface area contributed by atoms with Gasteiger partial charge in [0.1, 0.15) is 0 Å². The van der Waals surface area contributed by atoms with Crippen molar-refractivity contribution in [2.45, 2.75) is 70.8 Å². The van der Waals surface area contributed by atoms with E-state index in [0.29, 0.717) is 6.42 Å². The highest BCUT2D eigenvalue weighted by Crippen LogP contribution is 2.29. The van der Waals surface area contributed by atoms with E-state index < -0.39 is 11.2 Å². The van der Waals surface area contributed by atoms with Gasteiger partial charge in [-0.05, 0) is 40.0 Å². The van der Waals surface area contributed by atoms with Gasteiger partial charge < -0.3 is 9.76 Å². The molecule has 0 saturated carbocycles. The summed E-state index contributed by atoms with van der Waals surface area (Å²) in [5.74, 6) is 4.33. The minimum absolute atomic E-state index is 0.218. The van der Waals surface area contributed by atoms with Crippen molar-refractivity contribution >= 4 is 14.2 Å². The molecule has 1 heterocycles. The molecule has 1 rings (SSSR count).